The van der Waals surface area contributed by atoms with Gasteiger partial charge >= 0.3 is 17.9 Å². The van der Waals surface area contributed by atoms with E-state index in [0.717, 1.165) is 6.92 Å². The predicted octanol–water partition coefficient (Wildman–Crippen LogP) is 0.457. The van der Waals surface area contributed by atoms with Crippen LogP contribution in [0.4, 0.5) is 0 Å². The Morgan fingerprint density at radius 1 is 1.25 bits per heavy atom. The summed E-state index contributed by atoms with van der Waals surface area (Å²) in [7, 11) is 0. The van der Waals surface area contributed by atoms with E-state index in [0.29, 0.717) is 5.75 Å². The van der Waals surface area contributed by atoms with Crippen molar-refractivity contribution in [3.8, 4) is 0 Å². The summed E-state index contributed by atoms with van der Waals surface area (Å²) in [6, 6.07) is 0. The summed E-state index contributed by atoms with van der Waals surface area (Å²) >= 11 is 1.30. The Morgan fingerprint density at radius 3 is 2.19 bits per heavy atom. The maximum atomic E-state index is 11.2. The molecule has 0 bridgehead atoms. The molecule has 0 aromatic carbocycles. The van der Waals surface area contributed by atoms with Crippen LogP contribution in [0.3, 0.4) is 0 Å². The van der Waals surface area contributed by atoms with Crippen molar-refractivity contribution < 1.29 is 29.3 Å². The lowest BCUT2D eigenvalue weighted by Gasteiger charge is -2.14. The second-order valence-electron chi connectivity index (χ2n) is 2.98. The monoisotopic (exact) mass is 250 g/mol. The van der Waals surface area contributed by atoms with Crippen molar-refractivity contribution in [2.24, 2.45) is 5.92 Å². The molecule has 0 aromatic rings. The van der Waals surface area contributed by atoms with Gasteiger partial charge in [0.25, 0.3) is 0 Å². The number of hydrogen-bond acceptors (Lipinski definition) is 5. The quantitative estimate of drug-likeness (QED) is 0.500. The van der Waals surface area contributed by atoms with Crippen LogP contribution in [0.2, 0.25) is 0 Å². The standard InChI is InChI=1S/C9H14O6S/c1-3-16-4-6(8(12)13)15-9(14)5(2)7(10)11/h5-6H,3-4H2,1-2H3,(H,10,11)(H,12,13). The Labute approximate surface area is 97.0 Å². The molecule has 0 radical (unpaired) electrons. The Balaban J connectivity index is 4.34. The topological polar surface area (TPSA) is 101 Å². The third-order valence-corrected chi connectivity index (χ3v) is 2.68. The van der Waals surface area contributed by atoms with E-state index in [1.807, 2.05) is 6.92 Å². The van der Waals surface area contributed by atoms with E-state index in [1.165, 1.54) is 11.8 Å². The van der Waals surface area contributed by atoms with Gasteiger partial charge in [0.1, 0.15) is 0 Å². The van der Waals surface area contributed by atoms with Crippen LogP contribution >= 0.6 is 11.8 Å². The minimum Gasteiger partial charge on any atom is -0.481 e. The summed E-state index contributed by atoms with van der Waals surface area (Å²) in [6.45, 7) is 2.99. The minimum absolute atomic E-state index is 0.115. The van der Waals surface area contributed by atoms with Gasteiger partial charge in [-0.25, -0.2) is 4.79 Å². The molecule has 0 saturated heterocycles. The molecule has 2 atom stereocenters. The van der Waals surface area contributed by atoms with E-state index in [9.17, 15) is 14.4 Å². The van der Waals surface area contributed by atoms with Crippen molar-refractivity contribution in [2.75, 3.05) is 11.5 Å². The first-order valence-electron chi connectivity index (χ1n) is 4.64. The molecule has 6 nitrogen and oxygen atoms in total. The van der Waals surface area contributed by atoms with Crippen LogP contribution < -0.4 is 0 Å². The van der Waals surface area contributed by atoms with Crippen molar-refractivity contribution in [3.63, 3.8) is 0 Å². The van der Waals surface area contributed by atoms with E-state index in [2.05, 4.69) is 4.74 Å². The molecule has 7 heteroatoms. The summed E-state index contributed by atoms with van der Waals surface area (Å²) < 4.78 is 4.60. The smallest absolute Gasteiger partial charge is 0.345 e. The number of hydrogen-bond donors (Lipinski definition) is 2. The molecule has 0 heterocycles. The summed E-state index contributed by atoms with van der Waals surface area (Å²) in [5.74, 6) is -4.19. The number of carboxylic acids is 2. The molecule has 92 valence electrons. The van der Waals surface area contributed by atoms with Crippen molar-refractivity contribution in [1.82, 2.24) is 0 Å². The molecule has 0 aliphatic rings. The molecule has 0 aromatic heterocycles. The Kier molecular flexibility index (Phi) is 6.55. The molecule has 0 aliphatic carbocycles. The van der Waals surface area contributed by atoms with Crippen LogP contribution in [0, 0.1) is 5.92 Å². The highest BCUT2D eigenvalue weighted by Gasteiger charge is 2.28. The second-order valence-corrected chi connectivity index (χ2v) is 4.30. The number of ether oxygens (including phenoxy) is 1. The van der Waals surface area contributed by atoms with Gasteiger partial charge in [0.15, 0.2) is 5.92 Å². The molecule has 0 fully saturated rings. The van der Waals surface area contributed by atoms with E-state index < -0.39 is 29.9 Å². The van der Waals surface area contributed by atoms with E-state index >= 15 is 0 Å². The van der Waals surface area contributed by atoms with Crippen LogP contribution in [0.5, 0.6) is 0 Å². The van der Waals surface area contributed by atoms with E-state index in [4.69, 9.17) is 10.2 Å². The Hall–Kier alpha value is -1.24. The van der Waals surface area contributed by atoms with Gasteiger partial charge in [0.05, 0.1) is 0 Å². The third-order valence-electron chi connectivity index (χ3n) is 1.73. The minimum atomic E-state index is -1.35. The maximum absolute atomic E-state index is 11.2. The molecule has 0 saturated carbocycles. The molecule has 2 unspecified atom stereocenters. The van der Waals surface area contributed by atoms with Crippen LogP contribution in [-0.4, -0.2) is 45.7 Å². The highest BCUT2D eigenvalue weighted by Crippen LogP contribution is 2.09. The fourth-order valence-corrected chi connectivity index (χ4v) is 1.38. The highest BCUT2D eigenvalue weighted by atomic mass is 32.2. The van der Waals surface area contributed by atoms with Crippen molar-refractivity contribution in [1.29, 1.82) is 0 Å². The van der Waals surface area contributed by atoms with Gasteiger partial charge in [-0.1, -0.05) is 6.92 Å². The lowest BCUT2D eigenvalue weighted by atomic mass is 10.2. The zero-order valence-corrected chi connectivity index (χ0v) is 9.82. The summed E-state index contributed by atoms with van der Waals surface area (Å²) in [4.78, 5) is 32.3. The number of esters is 1. The number of aliphatic carboxylic acids is 2. The molecule has 0 aliphatic heterocycles. The molecular weight excluding hydrogens is 236 g/mol. The summed E-state index contributed by atoms with van der Waals surface area (Å²) in [6.07, 6.45) is -1.29. The van der Waals surface area contributed by atoms with Gasteiger partial charge in [-0.15, -0.1) is 0 Å². The number of carbonyl (C=O) groups is 3. The lowest BCUT2D eigenvalue weighted by Crippen LogP contribution is -2.33. The predicted molar refractivity (Wildman–Crippen MR) is 57.3 cm³/mol. The van der Waals surface area contributed by atoms with Crippen molar-refractivity contribution in [2.45, 2.75) is 20.0 Å². The largest absolute Gasteiger partial charge is 0.481 e. The zero-order valence-electron chi connectivity index (χ0n) is 9.00. The molecular formula is C9H14O6S. The first-order chi connectivity index (χ1) is 7.40. The molecule has 16 heavy (non-hydrogen) atoms. The van der Waals surface area contributed by atoms with Gasteiger partial charge in [0.2, 0.25) is 6.10 Å². The van der Waals surface area contributed by atoms with Crippen LogP contribution in [0.15, 0.2) is 0 Å². The van der Waals surface area contributed by atoms with Crippen molar-refractivity contribution in [3.05, 3.63) is 0 Å². The van der Waals surface area contributed by atoms with E-state index in [-0.39, 0.29) is 5.75 Å². The fourth-order valence-electron chi connectivity index (χ4n) is 0.724. The number of carboxylic acid groups (broad SMARTS) is 2. The van der Waals surface area contributed by atoms with Gasteiger partial charge in [-0.3, -0.25) is 9.59 Å². The van der Waals surface area contributed by atoms with Crippen molar-refractivity contribution >= 4 is 29.7 Å². The summed E-state index contributed by atoms with van der Waals surface area (Å²) in [5.41, 5.74) is 0. The van der Waals surface area contributed by atoms with Crippen LogP contribution in [0.25, 0.3) is 0 Å². The Morgan fingerprint density at radius 2 is 1.81 bits per heavy atom. The number of rotatable bonds is 7. The van der Waals surface area contributed by atoms with Gasteiger partial charge < -0.3 is 14.9 Å². The highest BCUT2D eigenvalue weighted by molar-refractivity contribution is 7.99. The van der Waals surface area contributed by atoms with Gasteiger partial charge in [-0.2, -0.15) is 11.8 Å². The first-order valence-corrected chi connectivity index (χ1v) is 5.79. The SMILES string of the molecule is CCSCC(OC(=O)C(C)C(=O)O)C(=O)O. The molecule has 2 N–H and O–H groups in total. The van der Waals surface area contributed by atoms with Gasteiger partial charge in [-0.05, 0) is 12.7 Å². The lowest BCUT2D eigenvalue weighted by molar-refractivity contribution is -0.169. The van der Waals surface area contributed by atoms with Crippen LogP contribution in [-0.2, 0) is 19.1 Å². The summed E-state index contributed by atoms with van der Waals surface area (Å²) in [5, 5.41) is 17.3. The first kappa shape index (κ1) is 14.8. The second kappa shape index (κ2) is 7.10. The normalized spacial score (nSPS) is 13.9. The van der Waals surface area contributed by atoms with Crippen LogP contribution in [0.1, 0.15) is 13.8 Å². The number of thioether (sulfide) groups is 1. The Bertz CT molecular complexity index is 277. The molecule has 0 amide bonds. The third kappa shape index (κ3) is 5.01. The average Bonchev–Trinajstić information content (AvgIpc) is 2.21. The zero-order chi connectivity index (χ0) is 12.7. The number of carbonyl (C=O) groups excluding carboxylic acids is 1. The van der Waals surface area contributed by atoms with E-state index in [1.54, 1.807) is 0 Å². The molecule has 0 spiro atoms. The fraction of sp³-hybridized carbons (Fsp3) is 0.667. The molecule has 0 rings (SSSR count). The van der Waals surface area contributed by atoms with Gasteiger partial charge in [0, 0.05) is 5.75 Å². The average molecular weight is 250 g/mol. The maximum Gasteiger partial charge on any atom is 0.345 e.